The standard InChI is InChI=1S/C54H42N2.CH4/c1-53(2)45-24-10-6-21-43(45)51-46(53)25-15-28-49(51)56(50-29-14-22-42-39-18-5-9-23-44(39)54(3,4)52(42)50)38-17-13-16-36(34-38)35-30-32-37(33-31-35)55-47-26-11-7-19-40(47)41-20-8-12-27-48(41)55;/h5-34H,1-4H3;1H4. The Balaban J connectivity index is 0.00000396. The molecule has 9 aromatic rings. The minimum atomic E-state index is -0.184. The third-order valence-corrected chi connectivity index (χ3v) is 12.8. The lowest BCUT2D eigenvalue weighted by Gasteiger charge is -2.34. The summed E-state index contributed by atoms with van der Waals surface area (Å²) < 4.78 is 2.39. The molecule has 0 spiro atoms. The number of benzene rings is 8. The fourth-order valence-electron chi connectivity index (χ4n) is 10.2. The summed E-state index contributed by atoms with van der Waals surface area (Å²) in [6, 6.07) is 67.5. The van der Waals surface area contributed by atoms with Crippen molar-refractivity contribution >= 4 is 38.9 Å². The van der Waals surface area contributed by atoms with Gasteiger partial charge in [0.25, 0.3) is 0 Å². The van der Waals surface area contributed by atoms with Gasteiger partial charge in [0, 0.05) is 38.5 Å². The van der Waals surface area contributed by atoms with Gasteiger partial charge in [0.1, 0.15) is 0 Å². The third kappa shape index (κ3) is 4.96. The molecule has 11 rings (SSSR count). The fourth-order valence-corrected chi connectivity index (χ4v) is 10.2. The quantitative estimate of drug-likeness (QED) is 0.171. The first-order valence-corrected chi connectivity index (χ1v) is 19.8. The number of nitrogens with zero attached hydrogens (tertiary/aromatic N) is 2. The molecule has 57 heavy (non-hydrogen) atoms. The minimum absolute atomic E-state index is 0. The van der Waals surface area contributed by atoms with Gasteiger partial charge >= 0.3 is 0 Å². The van der Waals surface area contributed by atoms with E-state index < -0.39 is 0 Å². The molecule has 0 saturated carbocycles. The van der Waals surface area contributed by atoms with Crippen LogP contribution >= 0.6 is 0 Å². The van der Waals surface area contributed by atoms with Gasteiger partial charge in [-0.15, -0.1) is 0 Å². The molecule has 1 aromatic heterocycles. The second-order valence-electron chi connectivity index (χ2n) is 16.5. The average molecular weight is 735 g/mol. The topological polar surface area (TPSA) is 8.17 Å². The number of rotatable bonds is 5. The van der Waals surface area contributed by atoms with Crippen LogP contribution in [0.4, 0.5) is 17.1 Å². The lowest BCUT2D eigenvalue weighted by atomic mass is 9.81. The van der Waals surface area contributed by atoms with Crippen LogP contribution in [-0.2, 0) is 10.8 Å². The van der Waals surface area contributed by atoms with E-state index in [4.69, 9.17) is 0 Å². The fraction of sp³-hybridized carbons (Fsp3) is 0.127. The van der Waals surface area contributed by atoms with Crippen LogP contribution < -0.4 is 4.90 Å². The Morgan fingerprint density at radius 1 is 0.421 bits per heavy atom. The van der Waals surface area contributed by atoms with Gasteiger partial charge in [0.05, 0.1) is 22.4 Å². The Bertz CT molecular complexity index is 2980. The average Bonchev–Trinajstić information content (AvgIpc) is 3.79. The number of anilines is 3. The summed E-state index contributed by atoms with van der Waals surface area (Å²) in [6.45, 7) is 9.52. The van der Waals surface area contributed by atoms with Crippen molar-refractivity contribution in [1.29, 1.82) is 0 Å². The molecule has 0 N–H and O–H groups in total. The molecule has 0 radical (unpaired) electrons. The summed E-state index contributed by atoms with van der Waals surface area (Å²) in [5, 5.41) is 2.55. The van der Waals surface area contributed by atoms with Crippen LogP contribution in [0.2, 0.25) is 0 Å². The molecule has 0 saturated heterocycles. The van der Waals surface area contributed by atoms with E-state index in [1.54, 1.807) is 0 Å². The van der Waals surface area contributed by atoms with Crippen LogP contribution in [0.5, 0.6) is 0 Å². The van der Waals surface area contributed by atoms with E-state index in [0.29, 0.717) is 0 Å². The number of hydrogen-bond donors (Lipinski definition) is 0. The van der Waals surface area contributed by atoms with E-state index in [2.05, 4.69) is 219 Å². The van der Waals surface area contributed by atoms with Crippen molar-refractivity contribution < 1.29 is 0 Å². The molecule has 0 aliphatic heterocycles. The van der Waals surface area contributed by atoms with E-state index in [9.17, 15) is 0 Å². The van der Waals surface area contributed by atoms with Gasteiger partial charge in [-0.2, -0.15) is 0 Å². The van der Waals surface area contributed by atoms with Gasteiger partial charge in [0.15, 0.2) is 0 Å². The molecule has 2 heteroatoms. The summed E-state index contributed by atoms with van der Waals surface area (Å²) in [6.07, 6.45) is 0. The van der Waals surface area contributed by atoms with E-state index in [0.717, 1.165) is 11.4 Å². The molecule has 2 aliphatic rings. The Kier molecular flexibility index (Phi) is 7.76. The highest BCUT2D eigenvalue weighted by Gasteiger charge is 2.41. The third-order valence-electron chi connectivity index (χ3n) is 12.8. The minimum Gasteiger partial charge on any atom is -0.310 e. The molecule has 0 atom stereocenters. The number of fused-ring (bicyclic) bond motifs is 9. The van der Waals surface area contributed by atoms with E-state index in [-0.39, 0.29) is 18.3 Å². The van der Waals surface area contributed by atoms with Crippen molar-refractivity contribution in [3.8, 4) is 39.1 Å². The largest absolute Gasteiger partial charge is 0.310 e. The Morgan fingerprint density at radius 3 is 1.68 bits per heavy atom. The molecule has 8 aromatic carbocycles. The lowest BCUT2D eigenvalue weighted by Crippen LogP contribution is -2.21. The van der Waals surface area contributed by atoms with Crippen molar-refractivity contribution in [1.82, 2.24) is 4.57 Å². The van der Waals surface area contributed by atoms with Crippen LogP contribution in [0.1, 0.15) is 57.4 Å². The van der Waals surface area contributed by atoms with Gasteiger partial charge in [-0.25, -0.2) is 0 Å². The highest BCUT2D eigenvalue weighted by Crippen LogP contribution is 2.58. The van der Waals surface area contributed by atoms with Crippen molar-refractivity contribution in [3.63, 3.8) is 0 Å². The SMILES string of the molecule is C.CC1(C)c2ccccc2-c2c(N(c3cccc(-c4ccc(-n5c6ccccc6c6ccccc65)cc4)c3)c3cccc4c3C(C)(C)c3ccccc3-4)cccc21. The van der Waals surface area contributed by atoms with E-state index in [1.807, 2.05) is 0 Å². The van der Waals surface area contributed by atoms with Crippen LogP contribution in [0.15, 0.2) is 182 Å². The van der Waals surface area contributed by atoms with Gasteiger partial charge in [0.2, 0.25) is 0 Å². The molecule has 2 nitrogen and oxygen atoms in total. The summed E-state index contributed by atoms with van der Waals surface area (Å²) >= 11 is 0. The second kappa shape index (κ2) is 12.7. The molecule has 0 unspecified atom stereocenters. The first kappa shape index (κ1) is 34.8. The zero-order valence-corrected chi connectivity index (χ0v) is 32.2. The van der Waals surface area contributed by atoms with Gasteiger partial charge in [-0.05, 0) is 98.6 Å². The monoisotopic (exact) mass is 734 g/mol. The zero-order valence-electron chi connectivity index (χ0n) is 32.2. The van der Waals surface area contributed by atoms with Crippen molar-refractivity contribution in [2.45, 2.75) is 46.0 Å². The maximum atomic E-state index is 2.56. The molecule has 0 fully saturated rings. The lowest BCUT2D eigenvalue weighted by molar-refractivity contribution is 0.659. The first-order chi connectivity index (χ1) is 27.3. The van der Waals surface area contributed by atoms with Crippen molar-refractivity contribution in [2.75, 3.05) is 4.90 Å². The maximum Gasteiger partial charge on any atom is 0.0543 e. The summed E-state index contributed by atoms with van der Waals surface area (Å²) in [5.41, 5.74) is 20.0. The number of hydrogen-bond acceptors (Lipinski definition) is 1. The van der Waals surface area contributed by atoms with Crippen LogP contribution in [0.25, 0.3) is 60.9 Å². The van der Waals surface area contributed by atoms with Gasteiger partial charge < -0.3 is 9.47 Å². The molecule has 1 heterocycles. The van der Waals surface area contributed by atoms with Crippen LogP contribution in [0.3, 0.4) is 0 Å². The predicted molar refractivity (Wildman–Crippen MR) is 243 cm³/mol. The summed E-state index contributed by atoms with van der Waals surface area (Å²) in [5.74, 6) is 0. The van der Waals surface area contributed by atoms with Crippen molar-refractivity contribution in [2.24, 2.45) is 0 Å². The highest BCUT2D eigenvalue weighted by molar-refractivity contribution is 6.09. The molecule has 0 bridgehead atoms. The molecular weight excluding hydrogens is 689 g/mol. The molecule has 0 amide bonds. The normalized spacial score (nSPS) is 14.1. The summed E-state index contributed by atoms with van der Waals surface area (Å²) in [4.78, 5) is 2.56. The van der Waals surface area contributed by atoms with Crippen LogP contribution in [0, 0.1) is 0 Å². The van der Waals surface area contributed by atoms with Crippen molar-refractivity contribution in [3.05, 3.63) is 204 Å². The summed E-state index contributed by atoms with van der Waals surface area (Å²) in [7, 11) is 0. The smallest absolute Gasteiger partial charge is 0.0543 e. The Morgan fingerprint density at radius 2 is 0.965 bits per heavy atom. The Labute approximate surface area is 336 Å². The molecular formula is C55H46N2. The second-order valence-corrected chi connectivity index (χ2v) is 16.5. The van der Waals surface area contributed by atoms with Gasteiger partial charge in [-0.1, -0.05) is 169 Å². The predicted octanol–water partition coefficient (Wildman–Crippen LogP) is 15.2. The highest BCUT2D eigenvalue weighted by atomic mass is 15.2. The Hall–Kier alpha value is -6.64. The maximum absolute atomic E-state index is 2.56. The van der Waals surface area contributed by atoms with E-state index >= 15 is 0 Å². The number of para-hydroxylation sites is 2. The molecule has 2 aliphatic carbocycles. The van der Waals surface area contributed by atoms with E-state index in [1.165, 1.54) is 88.8 Å². The zero-order chi connectivity index (χ0) is 37.8. The van der Waals surface area contributed by atoms with Crippen LogP contribution in [-0.4, -0.2) is 4.57 Å². The first-order valence-electron chi connectivity index (χ1n) is 19.8. The molecule has 276 valence electrons. The van der Waals surface area contributed by atoms with Gasteiger partial charge in [-0.3, -0.25) is 0 Å². The number of aromatic nitrogens is 1.